The van der Waals surface area contributed by atoms with Crippen LogP contribution in [0, 0.1) is 0 Å². The van der Waals surface area contributed by atoms with E-state index in [9.17, 15) is 0 Å². The maximum atomic E-state index is 4.18. The molecule has 1 aliphatic rings. The molecule has 0 N–H and O–H groups in total. The molecule has 19 heavy (non-hydrogen) atoms. The average molecular weight is 277 g/mol. The van der Waals surface area contributed by atoms with Crippen LogP contribution in [0.3, 0.4) is 0 Å². The maximum Gasteiger partial charge on any atom is 0.165 e. The molecule has 2 aromatic rings. The summed E-state index contributed by atoms with van der Waals surface area (Å²) in [5.74, 6) is 0.990. The van der Waals surface area contributed by atoms with Crippen molar-refractivity contribution in [1.29, 1.82) is 0 Å². The standard InChI is InChI=1S/C13H19N5S/c1-2-6-18-13(14-15-16-18)9-17-7-3-4-12(17)11-5-8-19-10-11/h5,8,10,12H,2-4,6-7,9H2,1H3. The van der Waals surface area contributed by atoms with Gasteiger partial charge in [0, 0.05) is 12.6 Å². The largest absolute Gasteiger partial charge is 0.289 e. The van der Waals surface area contributed by atoms with Crippen LogP contribution in [0.25, 0.3) is 0 Å². The highest BCUT2D eigenvalue weighted by Gasteiger charge is 2.27. The van der Waals surface area contributed by atoms with Gasteiger partial charge in [0.1, 0.15) is 0 Å². The third kappa shape index (κ3) is 2.69. The van der Waals surface area contributed by atoms with Crippen molar-refractivity contribution in [3.63, 3.8) is 0 Å². The molecule has 5 nitrogen and oxygen atoms in total. The quantitative estimate of drug-likeness (QED) is 0.842. The number of hydrogen-bond donors (Lipinski definition) is 0. The highest BCUT2D eigenvalue weighted by Crippen LogP contribution is 2.33. The molecule has 0 amide bonds. The van der Waals surface area contributed by atoms with E-state index in [-0.39, 0.29) is 0 Å². The van der Waals surface area contributed by atoms with Crippen molar-refractivity contribution in [1.82, 2.24) is 25.1 Å². The Morgan fingerprint density at radius 3 is 3.21 bits per heavy atom. The molecule has 0 aromatic carbocycles. The molecule has 3 heterocycles. The maximum absolute atomic E-state index is 4.18. The molecular formula is C13H19N5S. The van der Waals surface area contributed by atoms with E-state index in [1.54, 1.807) is 11.3 Å². The van der Waals surface area contributed by atoms with Gasteiger partial charge >= 0.3 is 0 Å². The topological polar surface area (TPSA) is 46.8 Å². The summed E-state index contributed by atoms with van der Waals surface area (Å²) < 4.78 is 1.93. The molecule has 102 valence electrons. The van der Waals surface area contributed by atoms with Crippen molar-refractivity contribution in [2.24, 2.45) is 0 Å². The average Bonchev–Trinajstić information content (AvgIpc) is 3.12. The predicted molar refractivity (Wildman–Crippen MR) is 74.8 cm³/mol. The molecule has 1 aliphatic heterocycles. The van der Waals surface area contributed by atoms with Gasteiger partial charge in [-0.2, -0.15) is 11.3 Å². The highest BCUT2D eigenvalue weighted by molar-refractivity contribution is 7.07. The van der Waals surface area contributed by atoms with Crippen LogP contribution in [0.2, 0.25) is 0 Å². The Balaban J connectivity index is 1.73. The van der Waals surface area contributed by atoms with Crippen molar-refractivity contribution in [3.05, 3.63) is 28.2 Å². The van der Waals surface area contributed by atoms with Gasteiger partial charge in [-0.3, -0.25) is 4.90 Å². The lowest BCUT2D eigenvalue weighted by atomic mass is 10.1. The molecule has 3 rings (SSSR count). The summed E-state index contributed by atoms with van der Waals surface area (Å²) >= 11 is 1.78. The lowest BCUT2D eigenvalue weighted by Gasteiger charge is -2.23. The fourth-order valence-corrected chi connectivity index (χ4v) is 3.47. The number of rotatable bonds is 5. The fraction of sp³-hybridized carbons (Fsp3) is 0.615. The van der Waals surface area contributed by atoms with Crippen molar-refractivity contribution >= 4 is 11.3 Å². The number of hydrogen-bond acceptors (Lipinski definition) is 5. The van der Waals surface area contributed by atoms with E-state index in [1.165, 1.54) is 18.4 Å². The van der Waals surface area contributed by atoms with E-state index in [2.05, 4.69) is 44.2 Å². The van der Waals surface area contributed by atoms with Crippen molar-refractivity contribution < 1.29 is 0 Å². The number of tetrazole rings is 1. The third-order valence-electron chi connectivity index (χ3n) is 3.68. The molecule has 2 aromatic heterocycles. The van der Waals surface area contributed by atoms with Gasteiger partial charge < -0.3 is 0 Å². The zero-order chi connectivity index (χ0) is 13.1. The fourth-order valence-electron chi connectivity index (χ4n) is 2.76. The first-order valence-electron chi connectivity index (χ1n) is 6.89. The van der Waals surface area contributed by atoms with Crippen LogP contribution in [0.4, 0.5) is 0 Å². The molecular weight excluding hydrogens is 258 g/mol. The predicted octanol–water partition coefficient (Wildman–Crippen LogP) is 2.48. The van der Waals surface area contributed by atoms with Gasteiger partial charge in [-0.15, -0.1) is 5.10 Å². The van der Waals surface area contributed by atoms with Crippen molar-refractivity contribution in [3.8, 4) is 0 Å². The monoisotopic (exact) mass is 277 g/mol. The Hall–Kier alpha value is -1.27. The van der Waals surface area contributed by atoms with E-state index in [0.717, 1.165) is 31.9 Å². The Morgan fingerprint density at radius 2 is 2.42 bits per heavy atom. The highest BCUT2D eigenvalue weighted by atomic mass is 32.1. The van der Waals surface area contributed by atoms with Gasteiger partial charge in [0.2, 0.25) is 0 Å². The minimum absolute atomic E-state index is 0.540. The van der Waals surface area contributed by atoms with Gasteiger partial charge in [0.25, 0.3) is 0 Å². The molecule has 0 spiro atoms. The summed E-state index contributed by atoms with van der Waals surface area (Å²) in [7, 11) is 0. The van der Waals surface area contributed by atoms with E-state index in [4.69, 9.17) is 0 Å². The van der Waals surface area contributed by atoms with Gasteiger partial charge in [-0.25, -0.2) is 4.68 Å². The van der Waals surface area contributed by atoms with Crippen LogP contribution in [0.5, 0.6) is 0 Å². The zero-order valence-electron chi connectivity index (χ0n) is 11.2. The minimum Gasteiger partial charge on any atom is -0.289 e. The van der Waals surface area contributed by atoms with Gasteiger partial charge in [-0.1, -0.05) is 6.92 Å². The van der Waals surface area contributed by atoms with E-state index < -0.39 is 0 Å². The number of thiophene rings is 1. The summed E-state index contributed by atoms with van der Waals surface area (Å²) in [6.45, 7) is 5.04. The summed E-state index contributed by atoms with van der Waals surface area (Å²) in [6.07, 6.45) is 3.56. The summed E-state index contributed by atoms with van der Waals surface area (Å²) in [5.41, 5.74) is 1.44. The van der Waals surface area contributed by atoms with Crippen molar-refractivity contribution in [2.45, 2.75) is 45.3 Å². The second-order valence-electron chi connectivity index (χ2n) is 5.00. The summed E-state index contributed by atoms with van der Waals surface area (Å²) in [6, 6.07) is 2.78. The lowest BCUT2D eigenvalue weighted by molar-refractivity contribution is 0.237. The Morgan fingerprint density at radius 1 is 1.47 bits per heavy atom. The van der Waals surface area contributed by atoms with E-state index in [1.807, 2.05) is 4.68 Å². The van der Waals surface area contributed by atoms with E-state index in [0.29, 0.717) is 6.04 Å². The first-order chi connectivity index (χ1) is 9.38. The minimum atomic E-state index is 0.540. The van der Waals surface area contributed by atoms with Gasteiger partial charge in [0.15, 0.2) is 5.82 Å². The molecule has 1 saturated heterocycles. The smallest absolute Gasteiger partial charge is 0.165 e. The first kappa shape index (κ1) is 12.7. The Kier molecular flexibility index (Phi) is 3.89. The molecule has 6 heteroatoms. The lowest BCUT2D eigenvalue weighted by Crippen LogP contribution is -2.24. The molecule has 0 aliphatic carbocycles. The summed E-state index contributed by atoms with van der Waals surface area (Å²) in [4.78, 5) is 2.50. The second kappa shape index (κ2) is 5.79. The number of likely N-dealkylation sites (tertiary alicyclic amines) is 1. The van der Waals surface area contributed by atoms with Crippen molar-refractivity contribution in [2.75, 3.05) is 6.54 Å². The molecule has 1 atom stereocenters. The van der Waals surface area contributed by atoms with Crippen LogP contribution < -0.4 is 0 Å². The number of aromatic nitrogens is 4. The Labute approximate surface area is 117 Å². The van der Waals surface area contributed by atoms with Gasteiger partial charge in [0.05, 0.1) is 6.54 Å². The van der Waals surface area contributed by atoms with Gasteiger partial charge in [-0.05, 0) is 58.6 Å². The third-order valence-corrected chi connectivity index (χ3v) is 4.38. The van der Waals surface area contributed by atoms with Crippen LogP contribution >= 0.6 is 11.3 Å². The van der Waals surface area contributed by atoms with Crippen LogP contribution in [-0.4, -0.2) is 31.7 Å². The number of aryl methyl sites for hydroxylation is 1. The molecule has 0 saturated carbocycles. The van der Waals surface area contributed by atoms with Crippen LogP contribution in [-0.2, 0) is 13.1 Å². The first-order valence-corrected chi connectivity index (χ1v) is 7.84. The number of nitrogens with zero attached hydrogens (tertiary/aromatic N) is 5. The molecule has 0 bridgehead atoms. The molecule has 1 unspecified atom stereocenters. The van der Waals surface area contributed by atoms with Crippen LogP contribution in [0.15, 0.2) is 16.8 Å². The second-order valence-corrected chi connectivity index (χ2v) is 5.78. The molecule has 0 radical (unpaired) electrons. The Bertz CT molecular complexity index is 507. The normalized spacial score (nSPS) is 20.2. The SMILES string of the molecule is CCCn1nnnc1CN1CCCC1c1ccsc1. The molecule has 1 fully saturated rings. The van der Waals surface area contributed by atoms with E-state index >= 15 is 0 Å². The zero-order valence-corrected chi connectivity index (χ0v) is 12.0. The summed E-state index contributed by atoms with van der Waals surface area (Å²) in [5, 5.41) is 16.5. The van der Waals surface area contributed by atoms with Crippen LogP contribution in [0.1, 0.15) is 43.6 Å².